The molecular formula is C11H23N2O+. The molecule has 2 fully saturated rings. The number of ether oxygens (including phenoxy) is 1. The molecule has 0 saturated carbocycles. The van der Waals surface area contributed by atoms with Crippen LogP contribution in [0.5, 0.6) is 0 Å². The highest BCUT2D eigenvalue weighted by atomic mass is 16.5. The fourth-order valence-electron chi connectivity index (χ4n) is 2.44. The van der Waals surface area contributed by atoms with Gasteiger partial charge in [-0.2, -0.15) is 0 Å². The summed E-state index contributed by atoms with van der Waals surface area (Å²) in [6.07, 6.45) is 2.49. The SMILES string of the molecule is C[N+]1(C)CCN(C2CCOCC2)CC1. The molecule has 0 atom stereocenters. The molecule has 0 aromatic carbocycles. The van der Waals surface area contributed by atoms with Gasteiger partial charge in [-0.3, -0.25) is 4.90 Å². The monoisotopic (exact) mass is 199 g/mol. The number of rotatable bonds is 1. The molecule has 2 aliphatic rings. The Labute approximate surface area is 87.2 Å². The van der Waals surface area contributed by atoms with Gasteiger partial charge in [0.15, 0.2) is 0 Å². The van der Waals surface area contributed by atoms with Crippen LogP contribution in [0.2, 0.25) is 0 Å². The van der Waals surface area contributed by atoms with Crippen LogP contribution in [-0.2, 0) is 4.74 Å². The molecule has 0 bridgehead atoms. The molecule has 0 aromatic heterocycles. The van der Waals surface area contributed by atoms with Gasteiger partial charge >= 0.3 is 0 Å². The first-order chi connectivity index (χ1) is 6.67. The summed E-state index contributed by atoms with van der Waals surface area (Å²) in [4.78, 5) is 2.67. The van der Waals surface area contributed by atoms with Gasteiger partial charge in [0.2, 0.25) is 0 Å². The summed E-state index contributed by atoms with van der Waals surface area (Å²) in [6.45, 7) is 7.10. The quantitative estimate of drug-likeness (QED) is 0.572. The Kier molecular flexibility index (Phi) is 3.10. The van der Waals surface area contributed by atoms with Crippen molar-refractivity contribution in [2.75, 3.05) is 53.5 Å². The number of hydrogen-bond donors (Lipinski definition) is 0. The molecule has 2 rings (SSSR count). The van der Waals surface area contributed by atoms with Crippen LogP contribution in [0.1, 0.15) is 12.8 Å². The molecule has 0 aromatic rings. The van der Waals surface area contributed by atoms with E-state index < -0.39 is 0 Å². The van der Waals surface area contributed by atoms with Crippen molar-refractivity contribution in [2.45, 2.75) is 18.9 Å². The van der Waals surface area contributed by atoms with Crippen molar-refractivity contribution in [3.05, 3.63) is 0 Å². The first-order valence-corrected chi connectivity index (χ1v) is 5.81. The lowest BCUT2D eigenvalue weighted by atomic mass is 10.1. The van der Waals surface area contributed by atoms with Crippen LogP contribution in [0.3, 0.4) is 0 Å². The fourth-order valence-corrected chi connectivity index (χ4v) is 2.44. The number of hydrogen-bond acceptors (Lipinski definition) is 2. The van der Waals surface area contributed by atoms with Gasteiger partial charge in [0.05, 0.1) is 27.2 Å². The van der Waals surface area contributed by atoms with Gasteiger partial charge in [0.1, 0.15) is 0 Å². The zero-order valence-corrected chi connectivity index (χ0v) is 9.54. The van der Waals surface area contributed by atoms with Gasteiger partial charge in [-0.25, -0.2) is 0 Å². The maximum absolute atomic E-state index is 5.40. The lowest BCUT2D eigenvalue weighted by molar-refractivity contribution is -0.894. The zero-order chi connectivity index (χ0) is 10.0. The van der Waals surface area contributed by atoms with E-state index in [1.54, 1.807) is 0 Å². The minimum atomic E-state index is 0.809. The summed E-state index contributed by atoms with van der Waals surface area (Å²) in [7, 11) is 4.67. The third-order valence-electron chi connectivity index (χ3n) is 3.69. The summed E-state index contributed by atoms with van der Waals surface area (Å²) in [5, 5.41) is 0. The highest BCUT2D eigenvalue weighted by Crippen LogP contribution is 2.17. The zero-order valence-electron chi connectivity index (χ0n) is 9.54. The van der Waals surface area contributed by atoms with Crippen LogP contribution in [0, 0.1) is 0 Å². The molecule has 2 heterocycles. The average molecular weight is 199 g/mol. The van der Waals surface area contributed by atoms with Crippen LogP contribution >= 0.6 is 0 Å². The molecule has 0 spiro atoms. The van der Waals surface area contributed by atoms with E-state index >= 15 is 0 Å². The van der Waals surface area contributed by atoms with Crippen LogP contribution in [-0.4, -0.2) is 68.9 Å². The fraction of sp³-hybridized carbons (Fsp3) is 1.00. The smallest absolute Gasteiger partial charge is 0.0912 e. The topological polar surface area (TPSA) is 12.5 Å². The third kappa shape index (κ3) is 2.47. The summed E-state index contributed by atoms with van der Waals surface area (Å²) >= 11 is 0. The molecule has 0 aliphatic carbocycles. The normalized spacial score (nSPS) is 30.4. The maximum Gasteiger partial charge on any atom is 0.0912 e. The predicted molar refractivity (Wildman–Crippen MR) is 57.3 cm³/mol. The van der Waals surface area contributed by atoms with E-state index in [1.807, 2.05) is 0 Å². The standard InChI is InChI=1S/C11H23N2O/c1-13(2)7-5-12(6-8-13)11-3-9-14-10-4-11/h11H,3-10H2,1-2H3/q+1. The molecule has 14 heavy (non-hydrogen) atoms. The average Bonchev–Trinajstić information content (AvgIpc) is 2.19. The van der Waals surface area contributed by atoms with Crippen molar-refractivity contribution in [1.82, 2.24) is 4.90 Å². The third-order valence-corrected chi connectivity index (χ3v) is 3.69. The Morgan fingerprint density at radius 3 is 2.21 bits per heavy atom. The van der Waals surface area contributed by atoms with Gasteiger partial charge in [-0.1, -0.05) is 0 Å². The van der Waals surface area contributed by atoms with Gasteiger partial charge in [-0.15, -0.1) is 0 Å². The molecule has 3 heteroatoms. The Balaban J connectivity index is 1.82. The van der Waals surface area contributed by atoms with E-state index in [1.165, 1.54) is 43.5 Å². The van der Waals surface area contributed by atoms with Gasteiger partial charge in [0, 0.05) is 32.3 Å². The van der Waals surface area contributed by atoms with E-state index in [0.717, 1.165) is 19.3 Å². The molecular weight excluding hydrogens is 176 g/mol. The molecule has 2 aliphatic heterocycles. The Bertz CT molecular complexity index is 178. The Morgan fingerprint density at radius 2 is 1.64 bits per heavy atom. The highest BCUT2D eigenvalue weighted by molar-refractivity contribution is 4.76. The van der Waals surface area contributed by atoms with Crippen LogP contribution in [0.25, 0.3) is 0 Å². The maximum atomic E-state index is 5.40. The molecule has 2 saturated heterocycles. The first-order valence-electron chi connectivity index (χ1n) is 5.81. The first kappa shape index (κ1) is 10.4. The van der Waals surface area contributed by atoms with Crippen LogP contribution in [0.4, 0.5) is 0 Å². The second-order valence-corrected chi connectivity index (χ2v) is 5.26. The lowest BCUT2D eigenvalue weighted by Crippen LogP contribution is -2.57. The Hall–Kier alpha value is -0.120. The molecule has 0 N–H and O–H groups in total. The molecule has 82 valence electrons. The van der Waals surface area contributed by atoms with Gasteiger partial charge in [-0.05, 0) is 12.8 Å². The molecule has 0 amide bonds. The van der Waals surface area contributed by atoms with Crippen molar-refractivity contribution in [3.8, 4) is 0 Å². The van der Waals surface area contributed by atoms with Crippen molar-refractivity contribution in [2.24, 2.45) is 0 Å². The second kappa shape index (κ2) is 4.17. The Morgan fingerprint density at radius 1 is 1.07 bits per heavy atom. The molecule has 3 nitrogen and oxygen atoms in total. The molecule has 0 radical (unpaired) electrons. The molecule has 0 unspecified atom stereocenters. The minimum Gasteiger partial charge on any atom is -0.381 e. The van der Waals surface area contributed by atoms with Crippen molar-refractivity contribution in [3.63, 3.8) is 0 Å². The van der Waals surface area contributed by atoms with Crippen LogP contribution < -0.4 is 0 Å². The minimum absolute atomic E-state index is 0.809. The summed E-state index contributed by atoms with van der Waals surface area (Å²) in [5.74, 6) is 0. The van der Waals surface area contributed by atoms with E-state index in [-0.39, 0.29) is 0 Å². The number of likely N-dealkylation sites (N-methyl/N-ethyl adjacent to an activating group) is 1. The second-order valence-electron chi connectivity index (χ2n) is 5.26. The van der Waals surface area contributed by atoms with E-state index in [0.29, 0.717) is 0 Å². The summed E-state index contributed by atoms with van der Waals surface area (Å²) in [5.41, 5.74) is 0. The summed E-state index contributed by atoms with van der Waals surface area (Å²) in [6, 6.07) is 0.809. The van der Waals surface area contributed by atoms with E-state index in [2.05, 4.69) is 19.0 Å². The van der Waals surface area contributed by atoms with Crippen molar-refractivity contribution < 1.29 is 9.22 Å². The highest BCUT2D eigenvalue weighted by Gasteiger charge is 2.29. The van der Waals surface area contributed by atoms with Crippen LogP contribution in [0.15, 0.2) is 0 Å². The largest absolute Gasteiger partial charge is 0.381 e. The lowest BCUT2D eigenvalue weighted by Gasteiger charge is -2.43. The van der Waals surface area contributed by atoms with Crippen molar-refractivity contribution >= 4 is 0 Å². The van der Waals surface area contributed by atoms with Crippen molar-refractivity contribution in [1.29, 1.82) is 0 Å². The number of nitrogens with zero attached hydrogens (tertiary/aromatic N) is 2. The van der Waals surface area contributed by atoms with Gasteiger partial charge in [0.25, 0.3) is 0 Å². The number of quaternary nitrogens is 1. The van der Waals surface area contributed by atoms with E-state index in [9.17, 15) is 0 Å². The number of piperazine rings is 1. The predicted octanol–water partition coefficient (Wildman–Crippen LogP) is 0.557. The van der Waals surface area contributed by atoms with Gasteiger partial charge < -0.3 is 9.22 Å². The van der Waals surface area contributed by atoms with E-state index in [4.69, 9.17) is 4.74 Å². The summed E-state index contributed by atoms with van der Waals surface area (Å²) < 4.78 is 6.60.